The van der Waals surface area contributed by atoms with Crippen molar-refractivity contribution in [1.29, 1.82) is 0 Å². The Balaban J connectivity index is 3.93. The average Bonchev–Trinajstić information content (AvgIpc) is 1.98. The van der Waals surface area contributed by atoms with Crippen LogP contribution in [0.2, 0.25) is 0 Å². The van der Waals surface area contributed by atoms with Crippen LogP contribution >= 0.6 is 0 Å². The van der Waals surface area contributed by atoms with Gasteiger partial charge in [-0.25, -0.2) is 4.99 Å². The lowest BCUT2D eigenvalue weighted by molar-refractivity contribution is 0.160. The lowest BCUT2D eigenvalue weighted by Crippen LogP contribution is -2.21. The summed E-state index contributed by atoms with van der Waals surface area (Å²) in [5.41, 5.74) is 5.21. The Labute approximate surface area is 73.5 Å². The molecular weight excluding hydrogens is 154 g/mol. The van der Waals surface area contributed by atoms with Crippen LogP contribution in [0.15, 0.2) is 10.1 Å². The molecule has 0 atom stereocenters. The van der Waals surface area contributed by atoms with Crippen LogP contribution in [-0.2, 0) is 4.84 Å². The maximum atomic E-state index is 5.40. The van der Waals surface area contributed by atoms with E-state index in [-0.39, 0.29) is 5.54 Å². The third-order valence-electron chi connectivity index (χ3n) is 1.34. The summed E-state index contributed by atoms with van der Waals surface area (Å²) in [4.78, 5) is 8.76. The molecule has 2 N–H and O–H groups in total. The van der Waals surface area contributed by atoms with E-state index in [1.807, 2.05) is 20.8 Å². The molecule has 0 rings (SSSR count). The Morgan fingerprint density at radius 2 is 2.17 bits per heavy atom. The molecule has 12 heavy (non-hydrogen) atoms. The second kappa shape index (κ2) is 5.75. The Hall–Kier alpha value is -0.860. The second-order valence-electron chi connectivity index (χ2n) is 3.07. The molecule has 0 unspecified atom stereocenters. The summed E-state index contributed by atoms with van der Waals surface area (Å²) in [5.74, 6) is 0. The lowest BCUT2D eigenvalue weighted by atomic mass is 10.0. The predicted octanol–water partition coefficient (Wildman–Crippen LogP) is 1.24. The van der Waals surface area contributed by atoms with Crippen LogP contribution in [0.25, 0.3) is 0 Å². The second-order valence-corrected chi connectivity index (χ2v) is 3.07. The molecule has 0 aliphatic carbocycles. The highest BCUT2D eigenvalue weighted by Gasteiger charge is 2.13. The highest BCUT2D eigenvalue weighted by molar-refractivity contribution is 5.41. The first-order valence-electron chi connectivity index (χ1n) is 4.11. The summed E-state index contributed by atoms with van der Waals surface area (Å²) in [6.45, 7) is 6.98. The molecule has 0 radical (unpaired) electrons. The van der Waals surface area contributed by atoms with Gasteiger partial charge >= 0.3 is 0 Å². The van der Waals surface area contributed by atoms with Crippen LogP contribution in [0.3, 0.4) is 0 Å². The van der Waals surface area contributed by atoms with Gasteiger partial charge in [-0.05, 0) is 38.9 Å². The first-order valence-corrected chi connectivity index (χ1v) is 4.11. The first kappa shape index (κ1) is 11.1. The summed E-state index contributed by atoms with van der Waals surface area (Å²) < 4.78 is 0. The minimum absolute atomic E-state index is 0.185. The molecule has 4 nitrogen and oxygen atoms in total. The maximum Gasteiger partial charge on any atom is 0.136 e. The number of aliphatic imine (C=N–C) groups is 1. The smallest absolute Gasteiger partial charge is 0.136 e. The van der Waals surface area contributed by atoms with E-state index in [4.69, 9.17) is 10.6 Å². The van der Waals surface area contributed by atoms with Gasteiger partial charge in [-0.3, -0.25) is 0 Å². The Bertz CT molecular complexity index is 171. The van der Waals surface area contributed by atoms with E-state index in [0.29, 0.717) is 13.2 Å². The predicted molar refractivity (Wildman–Crippen MR) is 49.2 cm³/mol. The molecule has 4 heteroatoms. The topological polar surface area (TPSA) is 60.0 Å². The molecule has 0 bridgehead atoms. The van der Waals surface area contributed by atoms with Crippen LogP contribution in [0.4, 0.5) is 0 Å². The van der Waals surface area contributed by atoms with Gasteiger partial charge in [0, 0.05) is 0 Å². The van der Waals surface area contributed by atoms with Gasteiger partial charge in [0.05, 0.1) is 5.54 Å². The molecule has 0 aliphatic rings. The summed E-state index contributed by atoms with van der Waals surface area (Å²) in [6.07, 6.45) is 0.821. The fraction of sp³-hybridized carbons (Fsp3) is 0.875. The van der Waals surface area contributed by atoms with Crippen molar-refractivity contribution in [3.8, 4) is 0 Å². The standard InChI is InChI=1S/C8H17N3O/c1-4-12-11-7-10-8(2,3)5-6-9/h4-6,9H2,1-3H3. The number of nitrogens with two attached hydrogens (primary N) is 1. The number of rotatable bonds is 5. The zero-order valence-electron chi connectivity index (χ0n) is 8.00. The quantitative estimate of drug-likeness (QED) is 0.499. The maximum absolute atomic E-state index is 5.40. The average molecular weight is 171 g/mol. The zero-order chi connectivity index (χ0) is 9.45. The number of hydrogen-bond donors (Lipinski definition) is 1. The van der Waals surface area contributed by atoms with E-state index >= 15 is 0 Å². The Morgan fingerprint density at radius 1 is 1.50 bits per heavy atom. The molecule has 0 aromatic rings. The van der Waals surface area contributed by atoms with Crippen molar-refractivity contribution in [2.75, 3.05) is 13.2 Å². The van der Waals surface area contributed by atoms with Gasteiger partial charge in [-0.1, -0.05) is 0 Å². The van der Waals surface area contributed by atoms with Crippen LogP contribution < -0.4 is 5.73 Å². The molecule has 70 valence electrons. The molecule has 0 aromatic heterocycles. The summed E-state index contributed by atoms with van der Waals surface area (Å²) >= 11 is 0. The molecule has 0 fully saturated rings. The van der Waals surface area contributed by atoms with Gasteiger partial charge in [0.1, 0.15) is 12.6 Å². The van der Waals surface area contributed by atoms with E-state index in [1.165, 1.54) is 0 Å². The van der Waals surface area contributed by atoms with Gasteiger partial charge < -0.3 is 10.6 Å². The Morgan fingerprint density at radius 3 is 2.67 bits per heavy atom. The van der Waals surface area contributed by atoms with Gasteiger partial charge in [0.2, 0.25) is 0 Å². The van der Waals surface area contributed by atoms with Crippen molar-refractivity contribution in [2.24, 2.45) is 15.9 Å². The normalized spacial score (nSPS) is 10.3. The van der Waals surface area contributed by atoms with E-state index in [1.54, 1.807) is 0 Å². The first-order chi connectivity index (χ1) is 5.62. The third-order valence-corrected chi connectivity index (χ3v) is 1.34. The molecule has 0 aliphatic heterocycles. The van der Waals surface area contributed by atoms with Crippen molar-refractivity contribution < 1.29 is 4.84 Å². The van der Waals surface area contributed by atoms with E-state index < -0.39 is 0 Å². The van der Waals surface area contributed by atoms with Crippen molar-refractivity contribution in [3.63, 3.8) is 0 Å². The lowest BCUT2D eigenvalue weighted by Gasteiger charge is -2.15. The van der Waals surface area contributed by atoms with Crippen molar-refractivity contribution in [1.82, 2.24) is 0 Å². The van der Waals surface area contributed by atoms with Gasteiger partial charge in [0.25, 0.3) is 0 Å². The molecule has 0 saturated carbocycles. The van der Waals surface area contributed by atoms with Gasteiger partial charge in [-0.15, -0.1) is 0 Å². The van der Waals surface area contributed by atoms with E-state index in [2.05, 4.69) is 16.2 Å². The molecule has 0 amide bonds. The van der Waals surface area contributed by atoms with Crippen LogP contribution in [0.5, 0.6) is 0 Å². The number of nitrogens with zero attached hydrogens (tertiary/aromatic N) is 2. The molecule has 0 spiro atoms. The van der Waals surface area contributed by atoms with Gasteiger partial charge in [-0.2, -0.15) is 0 Å². The summed E-state index contributed by atoms with van der Waals surface area (Å²) in [7, 11) is 0. The fourth-order valence-corrected chi connectivity index (χ4v) is 0.658. The molecule has 0 saturated heterocycles. The van der Waals surface area contributed by atoms with E-state index in [0.717, 1.165) is 6.42 Å². The third kappa shape index (κ3) is 5.89. The number of hydrogen-bond acceptors (Lipinski definition) is 4. The molecule has 0 aromatic carbocycles. The summed E-state index contributed by atoms with van der Waals surface area (Å²) in [6, 6.07) is 2.48. The minimum atomic E-state index is -0.185. The largest absolute Gasteiger partial charge is 0.388 e. The van der Waals surface area contributed by atoms with E-state index in [9.17, 15) is 0 Å². The molecular formula is C8H17N3O. The monoisotopic (exact) mass is 171 g/mol. The highest BCUT2D eigenvalue weighted by Crippen LogP contribution is 2.11. The van der Waals surface area contributed by atoms with Crippen molar-refractivity contribution >= 4 is 6.01 Å². The van der Waals surface area contributed by atoms with Gasteiger partial charge in [0.15, 0.2) is 0 Å². The minimum Gasteiger partial charge on any atom is -0.388 e. The van der Waals surface area contributed by atoms with Crippen molar-refractivity contribution in [3.05, 3.63) is 0 Å². The SMILES string of the molecule is CCON=C=NC(C)(C)CCN. The Kier molecular flexibility index (Phi) is 5.34. The zero-order valence-corrected chi connectivity index (χ0v) is 8.00. The van der Waals surface area contributed by atoms with Crippen LogP contribution in [-0.4, -0.2) is 24.7 Å². The fourth-order valence-electron chi connectivity index (χ4n) is 0.658. The molecule has 0 heterocycles. The van der Waals surface area contributed by atoms with Crippen LogP contribution in [0.1, 0.15) is 27.2 Å². The van der Waals surface area contributed by atoms with Crippen LogP contribution in [0, 0.1) is 0 Å². The highest BCUT2D eigenvalue weighted by atomic mass is 16.6. The van der Waals surface area contributed by atoms with Crippen molar-refractivity contribution in [2.45, 2.75) is 32.7 Å². The summed E-state index contributed by atoms with van der Waals surface area (Å²) in [5, 5.41) is 3.50.